The Labute approximate surface area is 230 Å². The number of fused-ring (bicyclic) bond motifs is 1. The molecule has 2 aromatic carbocycles. The van der Waals surface area contributed by atoms with Gasteiger partial charge < -0.3 is 19.7 Å². The summed E-state index contributed by atoms with van der Waals surface area (Å²) in [6.45, 7) is 0.317. The van der Waals surface area contributed by atoms with Crippen LogP contribution >= 0.6 is 11.3 Å². The molecule has 1 amide bonds. The summed E-state index contributed by atoms with van der Waals surface area (Å²) in [5.74, 6) is -0.276. The fourth-order valence-electron chi connectivity index (χ4n) is 5.19. The average molecular weight is 568 g/mol. The molecule has 3 heterocycles. The summed E-state index contributed by atoms with van der Waals surface area (Å²) in [6, 6.07) is 15.9. The van der Waals surface area contributed by atoms with Gasteiger partial charge in [0.1, 0.15) is 11.6 Å². The number of nitrogens with one attached hydrogen (secondary N) is 1. The molecule has 0 spiro atoms. The van der Waals surface area contributed by atoms with Gasteiger partial charge in [0.25, 0.3) is 11.5 Å². The number of aromatic nitrogens is 2. The van der Waals surface area contributed by atoms with Crippen molar-refractivity contribution in [3.63, 3.8) is 0 Å². The first-order valence-corrected chi connectivity index (χ1v) is 13.6. The zero-order valence-electron chi connectivity index (χ0n) is 21.1. The van der Waals surface area contributed by atoms with E-state index in [0.717, 1.165) is 12.8 Å². The number of nitrogens with zero attached hydrogens (tertiary/aromatic N) is 2. The molecular formula is C29H24F3N3O4S. The van der Waals surface area contributed by atoms with Crippen LogP contribution in [0.1, 0.15) is 46.5 Å². The number of aliphatic hydroxyl groups excluding tert-OH is 1. The molecule has 40 heavy (non-hydrogen) atoms. The van der Waals surface area contributed by atoms with Gasteiger partial charge in [-0.05, 0) is 59.2 Å². The van der Waals surface area contributed by atoms with Gasteiger partial charge >= 0.3 is 6.36 Å². The molecule has 4 aromatic rings. The fraction of sp³-hybridized carbons (Fsp3) is 0.276. The summed E-state index contributed by atoms with van der Waals surface area (Å²) in [5, 5.41) is 12.9. The highest BCUT2D eigenvalue weighted by Crippen LogP contribution is 2.53. The summed E-state index contributed by atoms with van der Waals surface area (Å²) in [5.41, 5.74) is 1.78. The van der Waals surface area contributed by atoms with Gasteiger partial charge in [0, 0.05) is 17.8 Å². The lowest BCUT2D eigenvalue weighted by Gasteiger charge is -2.30. The number of aliphatic hydroxyl groups is 1. The maximum absolute atomic E-state index is 13.3. The highest BCUT2D eigenvalue weighted by atomic mass is 32.1. The summed E-state index contributed by atoms with van der Waals surface area (Å²) in [7, 11) is 0. The van der Waals surface area contributed by atoms with Gasteiger partial charge in [-0.25, -0.2) is 4.98 Å². The SMILES string of the molecule is O=C(C(O)c1cccc(-c2cccc(OC(F)(F)F)c2)c1)N1CCc2nc(C3(c4cccs4)CC3)[nH]c(=O)c2C1. The summed E-state index contributed by atoms with van der Waals surface area (Å²) in [6.07, 6.45) is -4.11. The molecule has 1 atom stereocenters. The monoisotopic (exact) mass is 567 g/mol. The molecule has 11 heteroatoms. The molecule has 0 bridgehead atoms. The molecule has 1 unspecified atom stereocenters. The van der Waals surface area contributed by atoms with E-state index in [4.69, 9.17) is 4.98 Å². The number of rotatable bonds is 6. The first-order valence-electron chi connectivity index (χ1n) is 12.7. The normalized spacial score (nSPS) is 16.8. The minimum absolute atomic E-state index is 0.0242. The van der Waals surface area contributed by atoms with Crippen molar-refractivity contribution in [1.82, 2.24) is 14.9 Å². The first-order chi connectivity index (χ1) is 19.1. The van der Waals surface area contributed by atoms with Crippen LogP contribution < -0.4 is 10.3 Å². The number of carbonyl (C=O) groups is 1. The van der Waals surface area contributed by atoms with Gasteiger partial charge in [-0.2, -0.15) is 0 Å². The van der Waals surface area contributed by atoms with Crippen LogP contribution in [0.25, 0.3) is 11.1 Å². The number of hydrogen-bond donors (Lipinski definition) is 2. The van der Waals surface area contributed by atoms with Crippen molar-refractivity contribution in [2.24, 2.45) is 0 Å². The molecule has 1 aliphatic heterocycles. The van der Waals surface area contributed by atoms with Gasteiger partial charge in [-0.15, -0.1) is 24.5 Å². The standard InChI is InChI=1S/C29H24F3N3O4S/c30-29(31,32)39-20-7-2-5-18(15-20)17-4-1-6-19(14-17)24(36)26(38)35-12-9-22-21(16-35)25(37)34-27(33-22)28(10-11-28)23-8-3-13-40-23/h1-8,13-15,24,36H,9-12,16H2,(H,33,34,37). The number of benzene rings is 2. The molecule has 1 saturated carbocycles. The van der Waals surface area contributed by atoms with Crippen molar-refractivity contribution in [3.8, 4) is 16.9 Å². The molecule has 6 rings (SSSR count). The van der Waals surface area contributed by atoms with Gasteiger partial charge in [0.15, 0.2) is 6.10 Å². The molecule has 1 fully saturated rings. The Hall–Kier alpha value is -3.96. The Kier molecular flexibility index (Phi) is 6.50. The van der Waals surface area contributed by atoms with E-state index in [-0.39, 0.29) is 28.8 Å². The van der Waals surface area contributed by atoms with E-state index in [0.29, 0.717) is 41.2 Å². The zero-order chi connectivity index (χ0) is 28.1. The van der Waals surface area contributed by atoms with Crippen molar-refractivity contribution in [2.45, 2.75) is 43.7 Å². The number of halogens is 3. The number of carbonyl (C=O) groups excluding carboxylic acids is 1. The van der Waals surface area contributed by atoms with Gasteiger partial charge in [-0.3, -0.25) is 9.59 Å². The van der Waals surface area contributed by atoms with Crippen LogP contribution in [0.3, 0.4) is 0 Å². The van der Waals surface area contributed by atoms with E-state index in [2.05, 4.69) is 15.8 Å². The zero-order valence-corrected chi connectivity index (χ0v) is 21.9. The number of H-pyrrole nitrogens is 1. The quantitative estimate of drug-likeness (QED) is 0.338. The Morgan fingerprint density at radius 2 is 1.85 bits per heavy atom. The van der Waals surface area contributed by atoms with Gasteiger partial charge in [-0.1, -0.05) is 36.4 Å². The van der Waals surface area contributed by atoms with E-state index in [1.54, 1.807) is 41.7 Å². The largest absolute Gasteiger partial charge is 0.573 e. The molecule has 0 radical (unpaired) electrons. The Bertz CT molecular complexity index is 1630. The van der Waals surface area contributed by atoms with E-state index >= 15 is 0 Å². The molecular weight excluding hydrogens is 543 g/mol. The lowest BCUT2D eigenvalue weighted by molar-refractivity contribution is -0.274. The van der Waals surface area contributed by atoms with Crippen LogP contribution in [0.4, 0.5) is 13.2 Å². The van der Waals surface area contributed by atoms with Crippen LogP contribution in [-0.2, 0) is 23.2 Å². The van der Waals surface area contributed by atoms with Crippen molar-refractivity contribution >= 4 is 17.2 Å². The van der Waals surface area contributed by atoms with Gasteiger partial charge in [0.05, 0.1) is 23.2 Å². The Balaban J connectivity index is 1.20. The van der Waals surface area contributed by atoms with Crippen LogP contribution in [0, 0.1) is 0 Å². The van der Waals surface area contributed by atoms with Crippen LogP contribution in [-0.4, -0.2) is 38.8 Å². The molecule has 2 N–H and O–H groups in total. The van der Waals surface area contributed by atoms with Crippen molar-refractivity contribution in [3.05, 3.63) is 104 Å². The fourth-order valence-corrected chi connectivity index (χ4v) is 6.18. The highest BCUT2D eigenvalue weighted by molar-refractivity contribution is 7.10. The van der Waals surface area contributed by atoms with Crippen LogP contribution in [0.2, 0.25) is 0 Å². The topological polar surface area (TPSA) is 95.5 Å². The summed E-state index contributed by atoms with van der Waals surface area (Å²) in [4.78, 5) is 36.7. The van der Waals surface area contributed by atoms with Crippen molar-refractivity contribution < 1.29 is 27.8 Å². The van der Waals surface area contributed by atoms with Crippen molar-refractivity contribution in [1.29, 1.82) is 0 Å². The molecule has 0 saturated heterocycles. The van der Waals surface area contributed by atoms with Gasteiger partial charge in [0.2, 0.25) is 0 Å². The van der Waals surface area contributed by atoms with E-state index in [9.17, 15) is 27.9 Å². The molecule has 206 valence electrons. The molecule has 7 nitrogen and oxygen atoms in total. The second-order valence-electron chi connectivity index (χ2n) is 10.0. The number of ether oxygens (including phenoxy) is 1. The number of amides is 1. The van der Waals surface area contributed by atoms with E-state index < -0.39 is 18.4 Å². The molecule has 1 aliphatic carbocycles. The lowest BCUT2D eigenvalue weighted by atomic mass is 9.98. The Morgan fingerprint density at radius 3 is 2.55 bits per heavy atom. The van der Waals surface area contributed by atoms with Crippen molar-refractivity contribution in [2.75, 3.05) is 6.54 Å². The minimum Gasteiger partial charge on any atom is -0.406 e. The maximum atomic E-state index is 13.3. The third kappa shape index (κ3) is 5.02. The smallest absolute Gasteiger partial charge is 0.406 e. The second kappa shape index (κ2) is 9.90. The number of hydrogen-bond acceptors (Lipinski definition) is 6. The number of alkyl halides is 3. The minimum atomic E-state index is -4.82. The van der Waals surface area contributed by atoms with E-state index in [1.807, 2.05) is 11.4 Å². The average Bonchev–Trinajstić information content (AvgIpc) is 3.56. The molecule has 2 aliphatic rings. The molecule has 2 aromatic heterocycles. The summed E-state index contributed by atoms with van der Waals surface area (Å²) < 4.78 is 41.9. The number of aromatic amines is 1. The number of thiophene rings is 1. The lowest BCUT2D eigenvalue weighted by Crippen LogP contribution is -2.42. The predicted octanol–water partition coefficient (Wildman–Crippen LogP) is 5.10. The van der Waals surface area contributed by atoms with Crippen LogP contribution in [0.5, 0.6) is 5.75 Å². The summed E-state index contributed by atoms with van der Waals surface area (Å²) >= 11 is 1.64. The highest BCUT2D eigenvalue weighted by Gasteiger charge is 2.49. The Morgan fingerprint density at radius 1 is 1.10 bits per heavy atom. The maximum Gasteiger partial charge on any atom is 0.573 e. The third-order valence-electron chi connectivity index (χ3n) is 7.41. The van der Waals surface area contributed by atoms with Crippen LogP contribution in [0.15, 0.2) is 70.8 Å². The first kappa shape index (κ1) is 26.3. The predicted molar refractivity (Wildman–Crippen MR) is 142 cm³/mol. The third-order valence-corrected chi connectivity index (χ3v) is 8.49. The second-order valence-corrected chi connectivity index (χ2v) is 11.0. The van der Waals surface area contributed by atoms with E-state index in [1.165, 1.54) is 28.0 Å².